The Morgan fingerprint density at radius 1 is 1.41 bits per heavy atom. The fourth-order valence-corrected chi connectivity index (χ4v) is 3.09. The minimum Gasteiger partial charge on any atom is -0.314 e. The van der Waals surface area contributed by atoms with Crippen LogP contribution in [0.5, 0.6) is 0 Å². The van der Waals surface area contributed by atoms with Crippen molar-refractivity contribution in [2.75, 3.05) is 6.54 Å². The molecule has 0 aliphatic heterocycles. The van der Waals surface area contributed by atoms with Crippen molar-refractivity contribution >= 4 is 11.3 Å². The van der Waals surface area contributed by atoms with E-state index in [1.807, 2.05) is 11.3 Å². The highest BCUT2D eigenvalue weighted by atomic mass is 32.1. The minimum absolute atomic E-state index is 0.616. The summed E-state index contributed by atoms with van der Waals surface area (Å²) in [6.45, 7) is 7.95. The lowest BCUT2D eigenvalue weighted by Crippen LogP contribution is -2.19. The molecule has 0 amide bonds. The van der Waals surface area contributed by atoms with Crippen LogP contribution in [-0.2, 0) is 6.42 Å². The van der Waals surface area contributed by atoms with E-state index in [0.717, 1.165) is 24.9 Å². The Balaban J connectivity index is 1.77. The maximum absolute atomic E-state index is 4.76. The Morgan fingerprint density at radius 2 is 2.18 bits per heavy atom. The van der Waals surface area contributed by atoms with Gasteiger partial charge < -0.3 is 5.32 Å². The molecule has 96 valence electrons. The van der Waals surface area contributed by atoms with Crippen LogP contribution < -0.4 is 5.32 Å². The number of nitrogens with zero attached hydrogens (tertiary/aromatic N) is 1. The fraction of sp³-hybridized carbons (Fsp3) is 0.786. The topological polar surface area (TPSA) is 24.9 Å². The van der Waals surface area contributed by atoms with Crippen LogP contribution in [0.1, 0.15) is 56.7 Å². The summed E-state index contributed by atoms with van der Waals surface area (Å²) in [5.41, 5.74) is 1.27. The Bertz CT molecular complexity index is 342. The van der Waals surface area contributed by atoms with Gasteiger partial charge in [0.1, 0.15) is 0 Å². The SMILES string of the molecule is CC(C)CC(C)c1nc(CCNC2CC2)cs1. The lowest BCUT2D eigenvalue weighted by Gasteiger charge is -2.10. The van der Waals surface area contributed by atoms with Crippen molar-refractivity contribution in [2.45, 2.75) is 58.4 Å². The lowest BCUT2D eigenvalue weighted by molar-refractivity contribution is 0.521. The summed E-state index contributed by atoms with van der Waals surface area (Å²) in [5.74, 6) is 1.37. The standard InChI is InChI=1S/C14H24N2S/c1-10(2)8-11(3)14-16-13(9-17-14)6-7-15-12-4-5-12/h9-12,15H,4-8H2,1-3H3. The molecule has 0 saturated heterocycles. The average molecular weight is 252 g/mol. The van der Waals surface area contributed by atoms with E-state index in [0.29, 0.717) is 5.92 Å². The van der Waals surface area contributed by atoms with Crippen molar-refractivity contribution in [3.63, 3.8) is 0 Å². The minimum atomic E-state index is 0.616. The smallest absolute Gasteiger partial charge is 0.0956 e. The van der Waals surface area contributed by atoms with Gasteiger partial charge in [0.15, 0.2) is 0 Å². The molecule has 1 atom stereocenters. The number of hydrogen-bond acceptors (Lipinski definition) is 3. The monoisotopic (exact) mass is 252 g/mol. The summed E-state index contributed by atoms with van der Waals surface area (Å²) >= 11 is 1.84. The van der Waals surface area contributed by atoms with Gasteiger partial charge in [0.2, 0.25) is 0 Å². The van der Waals surface area contributed by atoms with Gasteiger partial charge in [0.05, 0.1) is 10.7 Å². The Labute approximate surface area is 109 Å². The van der Waals surface area contributed by atoms with Crippen LogP contribution in [0.4, 0.5) is 0 Å². The van der Waals surface area contributed by atoms with Gasteiger partial charge in [-0.05, 0) is 25.2 Å². The van der Waals surface area contributed by atoms with Gasteiger partial charge in [-0.15, -0.1) is 11.3 Å². The van der Waals surface area contributed by atoms with Crippen LogP contribution in [0.3, 0.4) is 0 Å². The first-order valence-corrected chi connectivity index (χ1v) is 7.70. The van der Waals surface area contributed by atoms with Gasteiger partial charge in [-0.25, -0.2) is 4.98 Å². The third kappa shape index (κ3) is 4.40. The molecule has 1 saturated carbocycles. The number of nitrogens with one attached hydrogen (secondary N) is 1. The van der Waals surface area contributed by atoms with Gasteiger partial charge in [-0.3, -0.25) is 0 Å². The number of thiazole rings is 1. The van der Waals surface area contributed by atoms with E-state index in [1.165, 1.54) is 30.0 Å². The third-order valence-corrected chi connectivity index (χ3v) is 4.33. The molecule has 1 aliphatic rings. The second-order valence-electron chi connectivity index (χ2n) is 5.69. The maximum atomic E-state index is 4.76. The molecule has 2 nitrogen and oxygen atoms in total. The fourth-order valence-electron chi connectivity index (χ4n) is 2.16. The van der Waals surface area contributed by atoms with Crippen LogP contribution >= 0.6 is 11.3 Å². The molecule has 1 aromatic rings. The van der Waals surface area contributed by atoms with Crippen LogP contribution in [0.15, 0.2) is 5.38 Å². The van der Waals surface area contributed by atoms with Crippen molar-refractivity contribution in [3.05, 3.63) is 16.1 Å². The predicted molar refractivity (Wildman–Crippen MR) is 74.7 cm³/mol. The zero-order chi connectivity index (χ0) is 12.3. The molecule has 0 radical (unpaired) electrons. The molecule has 1 heterocycles. The van der Waals surface area contributed by atoms with Crippen LogP contribution in [-0.4, -0.2) is 17.6 Å². The van der Waals surface area contributed by atoms with E-state index >= 15 is 0 Å². The Hall–Kier alpha value is -0.410. The first-order chi connectivity index (χ1) is 8.15. The summed E-state index contributed by atoms with van der Waals surface area (Å²) < 4.78 is 0. The Morgan fingerprint density at radius 3 is 2.82 bits per heavy atom. The highest BCUT2D eigenvalue weighted by molar-refractivity contribution is 7.09. The average Bonchev–Trinajstić information content (AvgIpc) is 2.94. The van der Waals surface area contributed by atoms with Crippen molar-refractivity contribution < 1.29 is 0 Å². The molecule has 17 heavy (non-hydrogen) atoms. The van der Waals surface area contributed by atoms with Gasteiger partial charge in [0.25, 0.3) is 0 Å². The van der Waals surface area contributed by atoms with Gasteiger partial charge in [-0.1, -0.05) is 20.8 Å². The first kappa shape index (κ1) is 13.0. The number of rotatable bonds is 7. The molecule has 2 rings (SSSR count). The van der Waals surface area contributed by atoms with E-state index < -0.39 is 0 Å². The molecule has 0 bridgehead atoms. The molecular formula is C14H24N2S. The van der Waals surface area contributed by atoms with Crippen molar-refractivity contribution in [2.24, 2.45) is 5.92 Å². The summed E-state index contributed by atoms with van der Waals surface area (Å²) in [6.07, 6.45) is 5.07. The van der Waals surface area contributed by atoms with Crippen LogP contribution in [0.2, 0.25) is 0 Å². The largest absolute Gasteiger partial charge is 0.314 e. The summed E-state index contributed by atoms with van der Waals surface area (Å²) in [5, 5.41) is 7.10. The Kier molecular flexibility index (Phi) is 4.57. The zero-order valence-electron chi connectivity index (χ0n) is 11.2. The summed E-state index contributed by atoms with van der Waals surface area (Å²) in [6, 6.07) is 0.813. The number of hydrogen-bond donors (Lipinski definition) is 1. The molecule has 1 N–H and O–H groups in total. The maximum Gasteiger partial charge on any atom is 0.0956 e. The van der Waals surface area contributed by atoms with E-state index in [4.69, 9.17) is 4.98 Å². The summed E-state index contributed by atoms with van der Waals surface area (Å²) in [4.78, 5) is 4.76. The van der Waals surface area contributed by atoms with Gasteiger partial charge >= 0.3 is 0 Å². The number of aromatic nitrogens is 1. The van der Waals surface area contributed by atoms with Crippen molar-refractivity contribution in [3.8, 4) is 0 Å². The molecule has 1 unspecified atom stereocenters. The second kappa shape index (κ2) is 5.96. The highest BCUT2D eigenvalue weighted by Gasteiger charge is 2.20. The van der Waals surface area contributed by atoms with E-state index in [-0.39, 0.29) is 0 Å². The zero-order valence-corrected chi connectivity index (χ0v) is 12.0. The van der Waals surface area contributed by atoms with Crippen LogP contribution in [0, 0.1) is 5.92 Å². The van der Waals surface area contributed by atoms with Crippen molar-refractivity contribution in [1.82, 2.24) is 10.3 Å². The lowest BCUT2D eigenvalue weighted by atomic mass is 10.00. The summed E-state index contributed by atoms with van der Waals surface area (Å²) in [7, 11) is 0. The molecule has 3 heteroatoms. The normalized spacial score (nSPS) is 17.6. The molecule has 0 aromatic carbocycles. The van der Waals surface area contributed by atoms with Gasteiger partial charge in [0, 0.05) is 30.3 Å². The second-order valence-corrected chi connectivity index (χ2v) is 6.58. The molecular weight excluding hydrogens is 228 g/mol. The highest BCUT2D eigenvalue weighted by Crippen LogP contribution is 2.26. The van der Waals surface area contributed by atoms with E-state index in [1.54, 1.807) is 0 Å². The molecule has 1 fully saturated rings. The van der Waals surface area contributed by atoms with E-state index in [9.17, 15) is 0 Å². The molecule has 1 aliphatic carbocycles. The van der Waals surface area contributed by atoms with Gasteiger partial charge in [-0.2, -0.15) is 0 Å². The van der Waals surface area contributed by atoms with Crippen molar-refractivity contribution in [1.29, 1.82) is 0 Å². The van der Waals surface area contributed by atoms with Crippen LogP contribution in [0.25, 0.3) is 0 Å². The molecule has 1 aromatic heterocycles. The molecule has 0 spiro atoms. The first-order valence-electron chi connectivity index (χ1n) is 6.83. The van der Waals surface area contributed by atoms with E-state index in [2.05, 4.69) is 31.5 Å². The quantitative estimate of drug-likeness (QED) is 0.802. The predicted octanol–water partition coefficient (Wildman–Crippen LogP) is 3.59. The third-order valence-electron chi connectivity index (χ3n) is 3.21.